The van der Waals surface area contributed by atoms with E-state index in [9.17, 15) is 21.6 Å². The van der Waals surface area contributed by atoms with Gasteiger partial charge < -0.3 is 0 Å². The van der Waals surface area contributed by atoms with E-state index in [1.807, 2.05) is 30.3 Å². The van der Waals surface area contributed by atoms with Crippen LogP contribution in [-0.2, 0) is 30.3 Å². The highest BCUT2D eigenvalue weighted by molar-refractivity contribution is 7.89. The van der Waals surface area contributed by atoms with Gasteiger partial charge in [-0.3, -0.25) is 4.79 Å². The van der Waals surface area contributed by atoms with E-state index in [1.165, 1.54) is 24.3 Å². The molecular weight excluding hydrogens is 548 g/mol. The molecule has 3 aromatic carbocycles. The minimum atomic E-state index is -4.09. The summed E-state index contributed by atoms with van der Waals surface area (Å²) in [4.78, 5) is 13.6. The standard InChI is InChI=1S/C29H34N4O5S2/c1-23(21-29(2,3)24-13-7-4-8-14-24)30-31-28(34)27-22-32(39(35,36)25-15-9-5-10-16-25)19-20-33(27)40(37,38)26-17-11-6-12-18-26/h4-18,27H,19-22H2,1-3H3,(H,31,34)/b30-23-/t27-/m0/s1. The second kappa shape index (κ2) is 12.0. The van der Waals surface area contributed by atoms with Crippen molar-refractivity contribution in [3.05, 3.63) is 96.6 Å². The molecule has 0 aliphatic carbocycles. The van der Waals surface area contributed by atoms with Crippen molar-refractivity contribution in [1.29, 1.82) is 0 Å². The van der Waals surface area contributed by atoms with Crippen molar-refractivity contribution < 1.29 is 21.6 Å². The first-order chi connectivity index (χ1) is 18.9. The SMILES string of the molecule is C/C(CC(C)(C)c1ccccc1)=N/NC(=O)[C@@H]1CN(S(=O)(=O)c2ccccc2)CCN1S(=O)(=O)c1ccccc1. The van der Waals surface area contributed by atoms with Gasteiger partial charge in [0, 0.05) is 25.3 Å². The van der Waals surface area contributed by atoms with Gasteiger partial charge in [0.25, 0.3) is 5.91 Å². The third kappa shape index (κ3) is 6.49. The Morgan fingerprint density at radius 1 is 0.825 bits per heavy atom. The van der Waals surface area contributed by atoms with E-state index in [-0.39, 0.29) is 34.8 Å². The lowest BCUT2D eigenvalue weighted by atomic mass is 9.80. The van der Waals surface area contributed by atoms with Gasteiger partial charge in [-0.25, -0.2) is 22.3 Å². The smallest absolute Gasteiger partial charge is 0.259 e. The number of hydrazone groups is 1. The molecule has 0 radical (unpaired) electrons. The first-order valence-corrected chi connectivity index (χ1v) is 15.8. The van der Waals surface area contributed by atoms with Crippen LogP contribution < -0.4 is 5.43 Å². The molecule has 1 fully saturated rings. The fraction of sp³-hybridized carbons (Fsp3) is 0.310. The molecule has 0 aromatic heterocycles. The number of hydrogen-bond donors (Lipinski definition) is 1. The molecule has 212 valence electrons. The van der Waals surface area contributed by atoms with Crippen molar-refractivity contribution in [3.63, 3.8) is 0 Å². The molecule has 1 atom stereocenters. The zero-order valence-electron chi connectivity index (χ0n) is 22.8. The number of amides is 1. The van der Waals surface area contributed by atoms with Crippen LogP contribution in [0.2, 0.25) is 0 Å². The van der Waals surface area contributed by atoms with E-state index in [2.05, 4.69) is 24.4 Å². The second-order valence-corrected chi connectivity index (χ2v) is 14.2. The third-order valence-corrected chi connectivity index (χ3v) is 10.7. The summed E-state index contributed by atoms with van der Waals surface area (Å²) in [7, 11) is -8.04. The number of rotatable bonds is 9. The van der Waals surface area contributed by atoms with Gasteiger partial charge in [-0.05, 0) is 48.6 Å². The molecule has 1 aliphatic heterocycles. The van der Waals surface area contributed by atoms with Crippen LogP contribution in [0, 0.1) is 0 Å². The third-order valence-electron chi connectivity index (χ3n) is 6.94. The van der Waals surface area contributed by atoms with Crippen LogP contribution in [0.1, 0.15) is 32.8 Å². The van der Waals surface area contributed by atoms with E-state index in [0.29, 0.717) is 12.1 Å². The second-order valence-electron chi connectivity index (χ2n) is 10.4. The molecule has 3 aromatic rings. The molecule has 0 bridgehead atoms. The molecule has 9 nitrogen and oxygen atoms in total. The van der Waals surface area contributed by atoms with Gasteiger partial charge in [-0.2, -0.15) is 13.7 Å². The molecule has 1 saturated heterocycles. The van der Waals surface area contributed by atoms with Crippen molar-refractivity contribution >= 4 is 31.7 Å². The molecule has 0 unspecified atom stereocenters. The van der Waals surface area contributed by atoms with Gasteiger partial charge in [0.1, 0.15) is 6.04 Å². The lowest BCUT2D eigenvalue weighted by Crippen LogP contribution is -2.60. The highest BCUT2D eigenvalue weighted by atomic mass is 32.2. The lowest BCUT2D eigenvalue weighted by Gasteiger charge is -2.38. The van der Waals surface area contributed by atoms with Crippen LogP contribution in [0.3, 0.4) is 0 Å². The van der Waals surface area contributed by atoms with Crippen LogP contribution in [0.25, 0.3) is 0 Å². The molecule has 0 saturated carbocycles. The minimum Gasteiger partial charge on any atom is -0.271 e. The topological polar surface area (TPSA) is 116 Å². The molecule has 1 amide bonds. The molecule has 1 aliphatic rings. The number of hydrogen-bond acceptors (Lipinski definition) is 6. The van der Waals surface area contributed by atoms with E-state index in [4.69, 9.17) is 0 Å². The first kappa shape index (κ1) is 29.6. The molecule has 1 heterocycles. The predicted octanol–water partition coefficient (Wildman–Crippen LogP) is 3.61. The Hall–Kier alpha value is -3.38. The summed E-state index contributed by atoms with van der Waals surface area (Å²) in [5.74, 6) is -0.704. The van der Waals surface area contributed by atoms with Crippen molar-refractivity contribution in [3.8, 4) is 0 Å². The normalized spacial score (nSPS) is 17.9. The molecular formula is C29H34N4O5S2. The maximum atomic E-state index is 13.6. The van der Waals surface area contributed by atoms with Gasteiger partial charge in [0.15, 0.2) is 0 Å². The maximum Gasteiger partial charge on any atom is 0.259 e. The Morgan fingerprint density at radius 3 is 1.88 bits per heavy atom. The molecule has 1 N–H and O–H groups in total. The van der Waals surface area contributed by atoms with Gasteiger partial charge >= 0.3 is 0 Å². The van der Waals surface area contributed by atoms with Crippen molar-refractivity contribution in [2.75, 3.05) is 19.6 Å². The molecule has 4 rings (SSSR count). The van der Waals surface area contributed by atoms with Crippen molar-refractivity contribution in [2.45, 2.75) is 48.4 Å². The fourth-order valence-corrected chi connectivity index (χ4v) is 7.88. The van der Waals surface area contributed by atoms with Crippen LogP contribution in [0.5, 0.6) is 0 Å². The summed E-state index contributed by atoms with van der Waals surface area (Å²) < 4.78 is 56.0. The van der Waals surface area contributed by atoms with Gasteiger partial charge in [-0.15, -0.1) is 0 Å². The van der Waals surface area contributed by atoms with E-state index in [1.54, 1.807) is 43.3 Å². The van der Waals surface area contributed by atoms with Gasteiger partial charge in [0.2, 0.25) is 20.0 Å². The Bertz CT molecular complexity index is 1560. The van der Waals surface area contributed by atoms with Crippen molar-refractivity contribution in [2.24, 2.45) is 5.10 Å². The monoisotopic (exact) mass is 582 g/mol. The summed E-state index contributed by atoms with van der Waals surface area (Å²) in [6.07, 6.45) is 0.544. The summed E-state index contributed by atoms with van der Waals surface area (Å²) in [6, 6.07) is 24.3. The lowest BCUT2D eigenvalue weighted by molar-refractivity contribution is -0.125. The van der Waals surface area contributed by atoms with Crippen LogP contribution in [0.15, 0.2) is 106 Å². The van der Waals surface area contributed by atoms with Crippen LogP contribution >= 0.6 is 0 Å². The highest BCUT2D eigenvalue weighted by Gasteiger charge is 2.43. The fourth-order valence-electron chi connectivity index (χ4n) is 4.83. The zero-order valence-corrected chi connectivity index (χ0v) is 24.4. The van der Waals surface area contributed by atoms with Gasteiger partial charge in [0.05, 0.1) is 9.79 Å². The number of nitrogens with one attached hydrogen (secondary N) is 1. The number of carbonyl (C=O) groups is 1. The molecule has 40 heavy (non-hydrogen) atoms. The quantitative estimate of drug-likeness (QED) is 0.306. The highest BCUT2D eigenvalue weighted by Crippen LogP contribution is 2.28. The average Bonchev–Trinajstić information content (AvgIpc) is 2.96. The summed E-state index contributed by atoms with van der Waals surface area (Å²) >= 11 is 0. The van der Waals surface area contributed by atoms with Crippen LogP contribution in [-0.4, -0.2) is 62.7 Å². The minimum absolute atomic E-state index is 0.0245. The molecule has 0 spiro atoms. The van der Waals surface area contributed by atoms with Gasteiger partial charge in [-0.1, -0.05) is 80.6 Å². The summed E-state index contributed by atoms with van der Waals surface area (Å²) in [5, 5.41) is 4.27. The van der Waals surface area contributed by atoms with E-state index >= 15 is 0 Å². The predicted molar refractivity (Wildman–Crippen MR) is 155 cm³/mol. The number of piperazine rings is 1. The Morgan fingerprint density at radius 2 is 1.32 bits per heavy atom. The Labute approximate surface area is 236 Å². The Kier molecular flexibility index (Phi) is 8.89. The largest absolute Gasteiger partial charge is 0.271 e. The summed E-state index contributed by atoms with van der Waals surface area (Å²) in [5.41, 5.74) is 4.02. The first-order valence-electron chi connectivity index (χ1n) is 12.9. The van der Waals surface area contributed by atoms with E-state index < -0.39 is 32.0 Å². The van der Waals surface area contributed by atoms with Crippen LogP contribution in [0.4, 0.5) is 0 Å². The number of carbonyl (C=O) groups excluding carboxylic acids is 1. The van der Waals surface area contributed by atoms with Crippen molar-refractivity contribution in [1.82, 2.24) is 14.0 Å². The molecule has 11 heteroatoms. The summed E-state index contributed by atoms with van der Waals surface area (Å²) in [6.45, 7) is 5.30. The maximum absolute atomic E-state index is 13.6. The number of benzene rings is 3. The Balaban J connectivity index is 1.60. The number of sulfonamides is 2. The zero-order chi connectivity index (χ0) is 29.0. The van der Waals surface area contributed by atoms with E-state index in [0.717, 1.165) is 14.2 Å². The average molecular weight is 583 g/mol. The number of nitrogens with zero attached hydrogens (tertiary/aromatic N) is 3.